The van der Waals surface area contributed by atoms with E-state index in [4.69, 9.17) is 5.84 Å². The summed E-state index contributed by atoms with van der Waals surface area (Å²) in [7, 11) is 1.87. The number of hydrogen-bond donors (Lipinski definition) is 2. The molecule has 0 aliphatic heterocycles. The fourth-order valence-electron chi connectivity index (χ4n) is 1.21. The summed E-state index contributed by atoms with van der Waals surface area (Å²) in [5.41, 5.74) is 3.65. The zero-order chi connectivity index (χ0) is 11.4. The molecule has 0 aliphatic rings. The molecule has 2 rings (SSSR count). The van der Waals surface area contributed by atoms with Crippen molar-refractivity contribution in [2.45, 2.75) is 10.9 Å². The van der Waals surface area contributed by atoms with Crippen LogP contribution in [0.1, 0.15) is 5.56 Å². The van der Waals surface area contributed by atoms with Crippen LogP contribution in [0.15, 0.2) is 29.8 Å². The molecule has 2 aromatic heterocycles. The van der Waals surface area contributed by atoms with E-state index in [1.807, 2.05) is 19.2 Å². The molecule has 0 saturated carbocycles. The molecule has 0 aromatic carbocycles. The third-order valence-electron chi connectivity index (χ3n) is 2.01. The molecule has 0 saturated heterocycles. The summed E-state index contributed by atoms with van der Waals surface area (Å²) in [6.45, 7) is 0. The Balaban J connectivity index is 2.02. The molecule has 2 heterocycles. The molecule has 0 fully saturated rings. The van der Waals surface area contributed by atoms with Crippen LogP contribution in [0.2, 0.25) is 0 Å². The molecule has 3 N–H and O–H groups in total. The number of nitrogens with one attached hydrogen (secondary N) is 1. The molecule has 0 amide bonds. The van der Waals surface area contributed by atoms with Crippen LogP contribution in [0.4, 0.5) is 5.82 Å². The van der Waals surface area contributed by atoms with Crippen LogP contribution in [-0.2, 0) is 12.8 Å². The molecule has 2 aromatic rings. The van der Waals surface area contributed by atoms with Gasteiger partial charge in [-0.25, -0.2) is 20.5 Å². The van der Waals surface area contributed by atoms with Crippen LogP contribution in [0.3, 0.4) is 0 Å². The molecule has 84 valence electrons. The van der Waals surface area contributed by atoms with Crippen molar-refractivity contribution >= 4 is 17.6 Å². The van der Waals surface area contributed by atoms with Gasteiger partial charge in [0, 0.05) is 19.0 Å². The summed E-state index contributed by atoms with van der Waals surface area (Å²) in [4.78, 5) is 8.17. The van der Waals surface area contributed by atoms with E-state index in [-0.39, 0.29) is 0 Å². The summed E-state index contributed by atoms with van der Waals surface area (Å²) >= 11 is 1.62. The Morgan fingerprint density at radius 1 is 1.50 bits per heavy atom. The number of nitrogens with two attached hydrogens (primary N) is 1. The van der Waals surface area contributed by atoms with Crippen molar-refractivity contribution in [1.29, 1.82) is 0 Å². The van der Waals surface area contributed by atoms with Gasteiger partial charge in [-0.15, -0.1) is 0 Å². The topological polar surface area (TPSA) is 81.7 Å². The van der Waals surface area contributed by atoms with E-state index in [2.05, 4.69) is 20.5 Å². The number of pyridine rings is 1. The number of hydrogen-bond acceptors (Lipinski definition) is 6. The Labute approximate surface area is 97.2 Å². The minimum absolute atomic E-state index is 0.663. The number of hydrazine groups is 1. The van der Waals surface area contributed by atoms with E-state index in [1.54, 1.807) is 29.0 Å². The minimum Gasteiger partial charge on any atom is -0.308 e. The number of nitrogen functional groups attached to an aromatic ring is 1. The van der Waals surface area contributed by atoms with Crippen LogP contribution in [-0.4, -0.2) is 19.7 Å². The minimum atomic E-state index is 0.663. The van der Waals surface area contributed by atoms with Crippen LogP contribution in [0.25, 0.3) is 0 Å². The molecule has 0 atom stereocenters. The number of nitrogens with zero attached hydrogens (tertiary/aromatic N) is 4. The number of thioether (sulfide) groups is 1. The van der Waals surface area contributed by atoms with Gasteiger partial charge in [0.25, 0.3) is 0 Å². The highest BCUT2D eigenvalue weighted by Crippen LogP contribution is 2.20. The second-order valence-electron chi connectivity index (χ2n) is 3.15. The van der Waals surface area contributed by atoms with Gasteiger partial charge < -0.3 is 5.43 Å². The lowest BCUT2D eigenvalue weighted by molar-refractivity contribution is 0.685. The fraction of sp³-hybridized carbons (Fsp3) is 0.222. The third kappa shape index (κ3) is 2.50. The summed E-state index contributed by atoms with van der Waals surface area (Å²) in [6, 6.07) is 3.85. The number of anilines is 1. The molecule has 7 heteroatoms. The van der Waals surface area contributed by atoms with Gasteiger partial charge >= 0.3 is 0 Å². The van der Waals surface area contributed by atoms with Crippen molar-refractivity contribution in [1.82, 2.24) is 19.7 Å². The van der Waals surface area contributed by atoms with Gasteiger partial charge in [0.2, 0.25) is 0 Å². The highest BCUT2D eigenvalue weighted by atomic mass is 32.2. The zero-order valence-corrected chi connectivity index (χ0v) is 9.61. The highest BCUT2D eigenvalue weighted by molar-refractivity contribution is 7.98. The van der Waals surface area contributed by atoms with Crippen LogP contribution >= 0.6 is 11.8 Å². The normalized spacial score (nSPS) is 10.4. The molecule has 16 heavy (non-hydrogen) atoms. The second kappa shape index (κ2) is 4.95. The highest BCUT2D eigenvalue weighted by Gasteiger charge is 2.02. The quantitative estimate of drug-likeness (QED) is 0.464. The first-order valence-corrected chi connectivity index (χ1v) is 5.66. The Morgan fingerprint density at radius 2 is 2.38 bits per heavy atom. The largest absolute Gasteiger partial charge is 0.308 e. The van der Waals surface area contributed by atoms with Crippen molar-refractivity contribution in [2.24, 2.45) is 12.9 Å². The standard InChI is InChI=1S/C9H12N6S/c1-15-9(12-6-13-15)16-5-7-2-3-11-8(4-7)14-10/h2-4,6H,5,10H2,1H3,(H,11,14). The first-order chi connectivity index (χ1) is 7.79. The number of rotatable bonds is 4. The van der Waals surface area contributed by atoms with Gasteiger partial charge in [0.05, 0.1) is 0 Å². The van der Waals surface area contributed by atoms with Crippen LogP contribution < -0.4 is 11.3 Å². The molecule has 6 nitrogen and oxygen atoms in total. The molecule has 0 bridgehead atoms. The van der Waals surface area contributed by atoms with E-state index in [9.17, 15) is 0 Å². The second-order valence-corrected chi connectivity index (χ2v) is 4.09. The zero-order valence-electron chi connectivity index (χ0n) is 8.79. The summed E-state index contributed by atoms with van der Waals surface area (Å²) in [6.07, 6.45) is 3.27. The predicted molar refractivity (Wildman–Crippen MR) is 62.6 cm³/mol. The average Bonchev–Trinajstić information content (AvgIpc) is 2.72. The van der Waals surface area contributed by atoms with Gasteiger partial charge in [-0.1, -0.05) is 11.8 Å². The number of aromatic nitrogens is 4. The van der Waals surface area contributed by atoms with E-state index in [0.717, 1.165) is 16.5 Å². The van der Waals surface area contributed by atoms with Gasteiger partial charge in [0.1, 0.15) is 12.1 Å². The van der Waals surface area contributed by atoms with Crippen molar-refractivity contribution in [2.75, 3.05) is 5.43 Å². The first-order valence-electron chi connectivity index (χ1n) is 4.68. The lowest BCUT2D eigenvalue weighted by Crippen LogP contribution is -2.08. The summed E-state index contributed by atoms with van der Waals surface area (Å²) in [5, 5.41) is 4.89. The molecule has 0 aliphatic carbocycles. The van der Waals surface area contributed by atoms with E-state index < -0.39 is 0 Å². The lowest BCUT2D eigenvalue weighted by Gasteiger charge is -2.03. The maximum Gasteiger partial charge on any atom is 0.186 e. The van der Waals surface area contributed by atoms with Crippen molar-refractivity contribution in [3.05, 3.63) is 30.2 Å². The van der Waals surface area contributed by atoms with E-state index in [0.29, 0.717) is 5.82 Å². The monoisotopic (exact) mass is 236 g/mol. The number of aryl methyl sites for hydroxylation is 1. The maximum absolute atomic E-state index is 5.29. The van der Waals surface area contributed by atoms with Gasteiger partial charge in [-0.2, -0.15) is 5.10 Å². The predicted octanol–water partition coefficient (Wildman–Crippen LogP) is 0.788. The molecule has 0 spiro atoms. The smallest absolute Gasteiger partial charge is 0.186 e. The van der Waals surface area contributed by atoms with Gasteiger partial charge in [-0.05, 0) is 17.7 Å². The van der Waals surface area contributed by atoms with Gasteiger partial charge in [0.15, 0.2) is 5.16 Å². The van der Waals surface area contributed by atoms with E-state index >= 15 is 0 Å². The summed E-state index contributed by atoms with van der Waals surface area (Å²) < 4.78 is 1.74. The molecule has 0 unspecified atom stereocenters. The Morgan fingerprint density at radius 3 is 3.06 bits per heavy atom. The average molecular weight is 236 g/mol. The van der Waals surface area contributed by atoms with Crippen molar-refractivity contribution < 1.29 is 0 Å². The first kappa shape index (κ1) is 10.9. The maximum atomic E-state index is 5.29. The Kier molecular flexibility index (Phi) is 3.37. The molecular weight excluding hydrogens is 224 g/mol. The van der Waals surface area contributed by atoms with Crippen molar-refractivity contribution in [3.63, 3.8) is 0 Å². The van der Waals surface area contributed by atoms with Crippen LogP contribution in [0, 0.1) is 0 Å². The fourth-order valence-corrected chi connectivity index (χ4v) is 2.04. The Hall–Kier alpha value is -1.60. The lowest BCUT2D eigenvalue weighted by atomic mass is 10.3. The van der Waals surface area contributed by atoms with Crippen molar-refractivity contribution in [3.8, 4) is 0 Å². The summed E-state index contributed by atoms with van der Waals surface area (Å²) in [5.74, 6) is 6.76. The Bertz CT molecular complexity index is 469. The van der Waals surface area contributed by atoms with Gasteiger partial charge in [-0.3, -0.25) is 0 Å². The molecule has 0 radical (unpaired) electrons. The third-order valence-corrected chi connectivity index (χ3v) is 3.12. The van der Waals surface area contributed by atoms with Crippen LogP contribution in [0.5, 0.6) is 0 Å². The SMILES string of the molecule is Cn1ncnc1SCc1ccnc(NN)c1. The molecular formula is C9H12N6S. The van der Waals surface area contributed by atoms with E-state index in [1.165, 1.54) is 0 Å².